The van der Waals surface area contributed by atoms with Crippen LogP contribution in [0.3, 0.4) is 0 Å². The van der Waals surface area contributed by atoms with Gasteiger partial charge in [-0.2, -0.15) is 0 Å². The number of hydrogen-bond acceptors (Lipinski definition) is 5. The Morgan fingerprint density at radius 3 is 2.54 bits per heavy atom. The summed E-state index contributed by atoms with van der Waals surface area (Å²) in [5.74, 6) is 0.994. The van der Waals surface area contributed by atoms with Gasteiger partial charge in [0, 0.05) is 18.2 Å². The Hall–Kier alpha value is -2.54. The largest absolute Gasteiger partial charge is 0.321 e. The molecular weight excluding hydrogens is 436 g/mol. The van der Waals surface area contributed by atoms with Crippen LogP contribution >= 0.6 is 0 Å². The van der Waals surface area contributed by atoms with Crippen molar-refractivity contribution in [3.8, 4) is 0 Å². The molecular formula is C28H40N6O. The lowest BCUT2D eigenvalue weighted by atomic mass is 9.91. The van der Waals surface area contributed by atoms with Gasteiger partial charge in [0.25, 0.3) is 5.56 Å². The first-order valence-electron chi connectivity index (χ1n) is 13.7. The maximum Gasteiger partial charge on any atom is 0.252 e. The summed E-state index contributed by atoms with van der Waals surface area (Å²) in [7, 11) is 0. The Balaban J connectivity index is 1.55. The number of hydrogen-bond donors (Lipinski definition) is 1. The molecule has 2 heterocycles. The van der Waals surface area contributed by atoms with Gasteiger partial charge < -0.3 is 4.98 Å². The summed E-state index contributed by atoms with van der Waals surface area (Å²) in [6, 6.07) is 7.40. The topological polar surface area (TPSA) is 79.7 Å². The van der Waals surface area contributed by atoms with Crippen molar-refractivity contribution >= 4 is 10.9 Å². The summed E-state index contributed by atoms with van der Waals surface area (Å²) in [4.78, 5) is 19.1. The van der Waals surface area contributed by atoms with Crippen LogP contribution in [-0.4, -0.2) is 36.1 Å². The number of aromatic amines is 1. The average molecular weight is 477 g/mol. The highest BCUT2D eigenvalue weighted by Gasteiger charge is 2.34. The SMILES string of the molecule is CCCC(c1nnnn1C1CCCC1)N(Cc1cc2cc(C)cc(C)c2[nH]c1=O)C1CCCCC1. The van der Waals surface area contributed by atoms with E-state index in [1.54, 1.807) is 0 Å². The number of aryl methyl sites for hydroxylation is 2. The van der Waals surface area contributed by atoms with Crippen LogP contribution in [-0.2, 0) is 6.54 Å². The number of fused-ring (bicyclic) bond motifs is 1. The Labute approximate surface area is 208 Å². The molecule has 188 valence electrons. The number of pyridine rings is 1. The van der Waals surface area contributed by atoms with Crippen LogP contribution in [0.5, 0.6) is 0 Å². The van der Waals surface area contributed by atoms with Crippen LogP contribution < -0.4 is 5.56 Å². The van der Waals surface area contributed by atoms with E-state index in [1.165, 1.54) is 50.5 Å². The number of aromatic nitrogens is 5. The van der Waals surface area contributed by atoms with Gasteiger partial charge >= 0.3 is 0 Å². The molecule has 2 aliphatic rings. The molecule has 2 aromatic heterocycles. The van der Waals surface area contributed by atoms with E-state index >= 15 is 0 Å². The first-order chi connectivity index (χ1) is 17.0. The zero-order valence-electron chi connectivity index (χ0n) is 21.6. The van der Waals surface area contributed by atoms with Gasteiger partial charge in [-0.1, -0.05) is 57.1 Å². The second kappa shape index (κ2) is 10.6. The summed E-state index contributed by atoms with van der Waals surface area (Å²) < 4.78 is 2.13. The molecule has 1 N–H and O–H groups in total. The fourth-order valence-electron chi connectivity index (χ4n) is 6.50. The van der Waals surface area contributed by atoms with E-state index in [9.17, 15) is 4.79 Å². The van der Waals surface area contributed by atoms with Gasteiger partial charge in [-0.05, 0) is 79.5 Å². The number of tetrazole rings is 1. The highest BCUT2D eigenvalue weighted by Crippen LogP contribution is 2.37. The zero-order chi connectivity index (χ0) is 24.4. The molecule has 7 nitrogen and oxygen atoms in total. The quantitative estimate of drug-likeness (QED) is 0.436. The van der Waals surface area contributed by atoms with Crippen LogP contribution in [0.25, 0.3) is 10.9 Å². The third-order valence-corrected chi connectivity index (χ3v) is 8.22. The van der Waals surface area contributed by atoms with E-state index in [0.29, 0.717) is 18.6 Å². The molecule has 0 bridgehead atoms. The lowest BCUT2D eigenvalue weighted by Gasteiger charge is -2.39. The predicted molar refractivity (Wildman–Crippen MR) is 139 cm³/mol. The van der Waals surface area contributed by atoms with Crippen molar-refractivity contribution < 1.29 is 0 Å². The van der Waals surface area contributed by atoms with E-state index in [-0.39, 0.29) is 11.6 Å². The van der Waals surface area contributed by atoms with E-state index in [1.807, 2.05) is 0 Å². The minimum atomic E-state index is 0.0240. The molecule has 0 aliphatic heterocycles. The average Bonchev–Trinajstić information content (AvgIpc) is 3.55. The Morgan fingerprint density at radius 1 is 1.06 bits per heavy atom. The van der Waals surface area contributed by atoms with Gasteiger partial charge in [-0.15, -0.1) is 5.10 Å². The van der Waals surface area contributed by atoms with Crippen molar-refractivity contribution in [1.29, 1.82) is 0 Å². The molecule has 1 atom stereocenters. The molecule has 3 aromatic rings. The van der Waals surface area contributed by atoms with E-state index < -0.39 is 0 Å². The van der Waals surface area contributed by atoms with Crippen molar-refractivity contribution in [1.82, 2.24) is 30.1 Å². The summed E-state index contributed by atoms with van der Waals surface area (Å²) >= 11 is 0. The van der Waals surface area contributed by atoms with Crippen molar-refractivity contribution in [3.05, 3.63) is 51.1 Å². The summed E-state index contributed by atoms with van der Waals surface area (Å²) in [5, 5.41) is 14.3. The number of H-pyrrole nitrogens is 1. The van der Waals surface area contributed by atoms with Crippen molar-refractivity contribution in [3.63, 3.8) is 0 Å². The predicted octanol–water partition coefficient (Wildman–Crippen LogP) is 5.92. The second-order valence-corrected chi connectivity index (χ2v) is 10.9. The smallest absolute Gasteiger partial charge is 0.252 e. The first kappa shape index (κ1) is 24.2. The van der Waals surface area contributed by atoms with Crippen LogP contribution in [0, 0.1) is 13.8 Å². The number of nitrogens with zero attached hydrogens (tertiary/aromatic N) is 5. The van der Waals surface area contributed by atoms with Gasteiger partial charge in [0.15, 0.2) is 5.82 Å². The van der Waals surface area contributed by atoms with E-state index in [2.05, 4.69) is 69.1 Å². The third-order valence-electron chi connectivity index (χ3n) is 8.22. The normalized spacial score (nSPS) is 18.6. The summed E-state index contributed by atoms with van der Waals surface area (Å²) in [6.07, 6.45) is 13.0. The molecule has 2 saturated carbocycles. The third kappa shape index (κ3) is 5.06. The Morgan fingerprint density at radius 2 is 1.80 bits per heavy atom. The minimum Gasteiger partial charge on any atom is -0.321 e. The minimum absolute atomic E-state index is 0.0240. The molecule has 1 unspecified atom stereocenters. The molecule has 5 rings (SSSR count). The summed E-state index contributed by atoms with van der Waals surface area (Å²) in [6.45, 7) is 7.06. The lowest BCUT2D eigenvalue weighted by Crippen LogP contribution is -2.41. The molecule has 7 heteroatoms. The molecule has 0 radical (unpaired) electrons. The van der Waals surface area contributed by atoms with Gasteiger partial charge in [0.2, 0.25) is 0 Å². The Bertz CT molecular complexity index is 1200. The van der Waals surface area contributed by atoms with Crippen molar-refractivity contribution in [2.45, 2.75) is 116 Å². The van der Waals surface area contributed by atoms with Gasteiger partial charge in [0.05, 0.1) is 17.6 Å². The fourth-order valence-corrected chi connectivity index (χ4v) is 6.50. The zero-order valence-corrected chi connectivity index (χ0v) is 21.6. The Kier molecular flexibility index (Phi) is 7.32. The maximum atomic E-state index is 13.3. The maximum absolute atomic E-state index is 13.3. The van der Waals surface area contributed by atoms with Crippen LogP contribution in [0.2, 0.25) is 0 Å². The molecule has 1 aromatic carbocycles. The number of nitrogens with one attached hydrogen (secondary N) is 1. The van der Waals surface area contributed by atoms with Crippen LogP contribution in [0.4, 0.5) is 0 Å². The monoisotopic (exact) mass is 476 g/mol. The summed E-state index contributed by atoms with van der Waals surface area (Å²) in [5.41, 5.74) is 4.15. The highest BCUT2D eigenvalue weighted by molar-refractivity contribution is 5.82. The molecule has 0 amide bonds. The standard InChI is InChI=1S/C28H40N6O/c1-4-10-25(27-30-31-32-34(27)24-13-8-9-14-24)33(23-11-6-5-7-12-23)18-22-17-21-16-19(2)15-20(3)26(21)29-28(22)35/h15-17,23-25H,4-14,18H2,1-3H3,(H,29,35). The number of rotatable bonds is 8. The van der Waals surface area contributed by atoms with Crippen LogP contribution in [0.15, 0.2) is 23.0 Å². The van der Waals surface area contributed by atoms with Crippen LogP contribution in [0.1, 0.15) is 112 Å². The molecule has 2 fully saturated rings. The number of benzene rings is 1. The molecule has 0 spiro atoms. The second-order valence-electron chi connectivity index (χ2n) is 10.9. The molecule has 0 saturated heterocycles. The van der Waals surface area contributed by atoms with Gasteiger partial charge in [0.1, 0.15) is 0 Å². The van der Waals surface area contributed by atoms with Crippen molar-refractivity contribution in [2.24, 2.45) is 0 Å². The first-order valence-corrected chi connectivity index (χ1v) is 13.7. The van der Waals surface area contributed by atoms with Crippen molar-refractivity contribution in [2.75, 3.05) is 0 Å². The van der Waals surface area contributed by atoms with E-state index in [4.69, 9.17) is 0 Å². The molecule has 35 heavy (non-hydrogen) atoms. The molecule has 2 aliphatic carbocycles. The van der Waals surface area contributed by atoms with Gasteiger partial charge in [-0.25, -0.2) is 4.68 Å². The fraction of sp³-hybridized carbons (Fsp3) is 0.643. The highest BCUT2D eigenvalue weighted by atomic mass is 16.1. The lowest BCUT2D eigenvalue weighted by molar-refractivity contribution is 0.0798. The van der Waals surface area contributed by atoms with E-state index in [0.717, 1.165) is 53.5 Å². The van der Waals surface area contributed by atoms with Gasteiger partial charge in [-0.3, -0.25) is 9.69 Å².